The summed E-state index contributed by atoms with van der Waals surface area (Å²) in [4.78, 5) is 30.2. The van der Waals surface area contributed by atoms with Crippen molar-refractivity contribution in [1.29, 1.82) is 0 Å². The van der Waals surface area contributed by atoms with Crippen molar-refractivity contribution in [2.75, 3.05) is 0 Å². The summed E-state index contributed by atoms with van der Waals surface area (Å²) in [7, 11) is 0. The third kappa shape index (κ3) is 3.30. The van der Waals surface area contributed by atoms with E-state index in [1.807, 2.05) is 13.8 Å². The molecule has 1 atom stereocenters. The van der Waals surface area contributed by atoms with Crippen molar-refractivity contribution in [2.24, 2.45) is 11.7 Å². The number of fused-ring (bicyclic) bond motifs is 1. The van der Waals surface area contributed by atoms with E-state index in [1.54, 1.807) is 18.2 Å². The molecule has 0 radical (unpaired) electrons. The van der Waals surface area contributed by atoms with Gasteiger partial charge < -0.3 is 10.7 Å². The average molecular weight is 273 g/mol. The number of hydrogen-bond donors (Lipinski definition) is 2. The number of Topliss-reactive ketones (excluding diaryl/α,β-unsaturated/α-hetero) is 1. The maximum atomic E-state index is 12.0. The Morgan fingerprint density at radius 1 is 1.40 bits per heavy atom. The Labute approximate surface area is 117 Å². The average Bonchev–Trinajstić information content (AvgIpc) is 2.38. The number of aromatic amines is 1. The molecule has 5 heteroatoms. The molecule has 0 fully saturated rings. The molecule has 0 spiro atoms. The second-order valence-electron chi connectivity index (χ2n) is 5.46. The Kier molecular flexibility index (Phi) is 4.29. The number of nitrogens with zero attached hydrogens (tertiary/aromatic N) is 1. The first-order chi connectivity index (χ1) is 9.47. The van der Waals surface area contributed by atoms with Crippen LogP contribution in [0, 0.1) is 5.92 Å². The first-order valence-electron chi connectivity index (χ1n) is 6.72. The number of nitrogens with two attached hydrogens (primary N) is 1. The summed E-state index contributed by atoms with van der Waals surface area (Å²) >= 11 is 0. The van der Waals surface area contributed by atoms with Crippen LogP contribution in [0.1, 0.15) is 25.8 Å². The van der Waals surface area contributed by atoms with Crippen molar-refractivity contribution in [3.8, 4) is 0 Å². The number of ketones is 1. The molecule has 1 heterocycles. The second-order valence-corrected chi connectivity index (χ2v) is 5.46. The molecule has 3 N–H and O–H groups in total. The maximum Gasteiger partial charge on any atom is 0.258 e. The molecule has 2 rings (SSSR count). The van der Waals surface area contributed by atoms with E-state index in [4.69, 9.17) is 5.73 Å². The molecule has 0 saturated heterocycles. The minimum Gasteiger partial charge on any atom is -0.321 e. The van der Waals surface area contributed by atoms with E-state index in [9.17, 15) is 9.59 Å². The summed E-state index contributed by atoms with van der Waals surface area (Å²) in [5.41, 5.74) is 7.13. The Hall–Kier alpha value is -2.01. The van der Waals surface area contributed by atoms with Gasteiger partial charge in [-0.2, -0.15) is 0 Å². The Bertz CT molecular complexity index is 676. The molecule has 0 aliphatic carbocycles. The van der Waals surface area contributed by atoms with Crippen LogP contribution in [0.2, 0.25) is 0 Å². The third-order valence-electron chi connectivity index (χ3n) is 3.22. The maximum absolute atomic E-state index is 12.0. The molecule has 1 aromatic heterocycles. The van der Waals surface area contributed by atoms with Crippen LogP contribution in [0.4, 0.5) is 0 Å². The largest absolute Gasteiger partial charge is 0.321 e. The van der Waals surface area contributed by atoms with Crippen LogP contribution in [0.15, 0.2) is 29.3 Å². The summed E-state index contributed by atoms with van der Waals surface area (Å²) in [5.74, 6) is 0.411. The van der Waals surface area contributed by atoms with Crippen LogP contribution in [-0.4, -0.2) is 21.8 Å². The summed E-state index contributed by atoms with van der Waals surface area (Å²) in [5, 5.41) is 0.523. The van der Waals surface area contributed by atoms with E-state index in [-0.39, 0.29) is 17.8 Å². The lowest BCUT2D eigenvalue weighted by Crippen LogP contribution is -2.33. The summed E-state index contributed by atoms with van der Waals surface area (Å²) < 4.78 is 0. The highest BCUT2D eigenvalue weighted by Crippen LogP contribution is 2.12. The normalized spacial score (nSPS) is 12.8. The van der Waals surface area contributed by atoms with E-state index in [2.05, 4.69) is 9.97 Å². The van der Waals surface area contributed by atoms with E-state index in [0.717, 1.165) is 5.56 Å². The molecule has 0 aliphatic heterocycles. The van der Waals surface area contributed by atoms with Crippen LogP contribution < -0.4 is 11.3 Å². The molecule has 2 aromatic rings. The van der Waals surface area contributed by atoms with Gasteiger partial charge in [0.2, 0.25) is 0 Å². The van der Waals surface area contributed by atoms with Gasteiger partial charge in [-0.05, 0) is 30.0 Å². The highest BCUT2D eigenvalue weighted by atomic mass is 16.1. The van der Waals surface area contributed by atoms with E-state index in [0.29, 0.717) is 23.2 Å². The SMILES string of the molecule is CC(C)CC(N)C(=O)Cc1ccc2c(=O)[nH]cnc2c1. The van der Waals surface area contributed by atoms with Crippen LogP contribution in [0.3, 0.4) is 0 Å². The predicted molar refractivity (Wildman–Crippen MR) is 78.5 cm³/mol. The number of hydrogen-bond acceptors (Lipinski definition) is 4. The van der Waals surface area contributed by atoms with Crippen molar-refractivity contribution >= 4 is 16.7 Å². The van der Waals surface area contributed by atoms with Crippen LogP contribution >= 0.6 is 0 Å². The van der Waals surface area contributed by atoms with Gasteiger partial charge in [-0.1, -0.05) is 19.9 Å². The topological polar surface area (TPSA) is 88.8 Å². The lowest BCUT2D eigenvalue weighted by atomic mass is 9.96. The van der Waals surface area contributed by atoms with E-state index < -0.39 is 6.04 Å². The van der Waals surface area contributed by atoms with Crippen molar-refractivity contribution in [2.45, 2.75) is 32.7 Å². The first kappa shape index (κ1) is 14.4. The molecule has 5 nitrogen and oxygen atoms in total. The number of aromatic nitrogens is 2. The van der Waals surface area contributed by atoms with Crippen molar-refractivity contribution < 1.29 is 4.79 Å². The molecule has 20 heavy (non-hydrogen) atoms. The Morgan fingerprint density at radius 3 is 2.85 bits per heavy atom. The summed E-state index contributed by atoms with van der Waals surface area (Å²) in [6, 6.07) is 4.81. The lowest BCUT2D eigenvalue weighted by molar-refractivity contribution is -0.120. The molecule has 0 bridgehead atoms. The van der Waals surface area contributed by atoms with Crippen LogP contribution in [0.5, 0.6) is 0 Å². The number of rotatable bonds is 5. The molecule has 0 aliphatic rings. The predicted octanol–water partition coefficient (Wildman–Crippen LogP) is 1.41. The Morgan fingerprint density at radius 2 is 2.15 bits per heavy atom. The van der Waals surface area contributed by atoms with Crippen molar-refractivity contribution in [1.82, 2.24) is 9.97 Å². The lowest BCUT2D eigenvalue weighted by Gasteiger charge is -2.12. The molecule has 1 aromatic carbocycles. The molecular formula is C15H19N3O2. The van der Waals surface area contributed by atoms with E-state index in [1.165, 1.54) is 6.33 Å². The number of benzene rings is 1. The van der Waals surface area contributed by atoms with Gasteiger partial charge in [-0.25, -0.2) is 4.98 Å². The highest BCUT2D eigenvalue weighted by molar-refractivity contribution is 5.87. The van der Waals surface area contributed by atoms with Gasteiger partial charge in [-0.3, -0.25) is 9.59 Å². The van der Waals surface area contributed by atoms with Crippen LogP contribution in [0.25, 0.3) is 10.9 Å². The molecule has 0 amide bonds. The zero-order valence-electron chi connectivity index (χ0n) is 11.7. The number of nitrogens with one attached hydrogen (secondary N) is 1. The van der Waals surface area contributed by atoms with Gasteiger partial charge in [0, 0.05) is 6.42 Å². The van der Waals surface area contributed by atoms with Gasteiger partial charge in [0.05, 0.1) is 23.3 Å². The minimum atomic E-state index is -0.433. The fourth-order valence-corrected chi connectivity index (χ4v) is 2.20. The summed E-state index contributed by atoms with van der Waals surface area (Å²) in [6.07, 6.45) is 2.32. The van der Waals surface area contributed by atoms with Gasteiger partial charge in [-0.15, -0.1) is 0 Å². The zero-order valence-corrected chi connectivity index (χ0v) is 11.7. The number of carbonyl (C=O) groups is 1. The van der Waals surface area contributed by atoms with Gasteiger partial charge in [0.15, 0.2) is 5.78 Å². The van der Waals surface area contributed by atoms with E-state index >= 15 is 0 Å². The highest BCUT2D eigenvalue weighted by Gasteiger charge is 2.15. The monoisotopic (exact) mass is 273 g/mol. The van der Waals surface area contributed by atoms with Crippen molar-refractivity contribution in [3.05, 3.63) is 40.4 Å². The van der Waals surface area contributed by atoms with Gasteiger partial charge >= 0.3 is 0 Å². The fourth-order valence-electron chi connectivity index (χ4n) is 2.20. The number of carbonyl (C=O) groups excluding carboxylic acids is 1. The quantitative estimate of drug-likeness (QED) is 0.862. The minimum absolute atomic E-state index is 0.0166. The summed E-state index contributed by atoms with van der Waals surface area (Å²) in [6.45, 7) is 4.08. The Balaban J connectivity index is 2.18. The molecule has 1 unspecified atom stereocenters. The fraction of sp³-hybridized carbons (Fsp3) is 0.400. The smallest absolute Gasteiger partial charge is 0.258 e. The molecule has 106 valence electrons. The second kappa shape index (κ2) is 5.96. The standard InChI is InChI=1S/C15H19N3O2/c1-9(2)5-12(16)14(19)7-10-3-4-11-13(6-10)17-8-18-15(11)20/h3-4,6,8-9,12H,5,7,16H2,1-2H3,(H,17,18,20). The van der Waals surface area contributed by atoms with Crippen molar-refractivity contribution in [3.63, 3.8) is 0 Å². The molecule has 0 saturated carbocycles. The first-order valence-corrected chi connectivity index (χ1v) is 6.72. The number of H-pyrrole nitrogens is 1. The van der Waals surface area contributed by atoms with Gasteiger partial charge in [0.25, 0.3) is 5.56 Å². The molecular weight excluding hydrogens is 254 g/mol. The zero-order chi connectivity index (χ0) is 14.7. The van der Waals surface area contributed by atoms with Crippen LogP contribution in [-0.2, 0) is 11.2 Å². The van der Waals surface area contributed by atoms with Gasteiger partial charge in [0.1, 0.15) is 0 Å². The third-order valence-corrected chi connectivity index (χ3v) is 3.22.